The predicted octanol–water partition coefficient (Wildman–Crippen LogP) is 0.642. The molecule has 0 radical (unpaired) electrons. The maximum absolute atomic E-state index is 13.6. The molecular formula is C13H17FN2O4S. The quantitative estimate of drug-likeness (QED) is 0.886. The van der Waals surface area contributed by atoms with E-state index in [1.807, 2.05) is 0 Å². The summed E-state index contributed by atoms with van der Waals surface area (Å²) in [6, 6.07) is 1.86. The summed E-state index contributed by atoms with van der Waals surface area (Å²) in [5.74, 6) is -1.23. The summed E-state index contributed by atoms with van der Waals surface area (Å²) in [5.41, 5.74) is 0.167. The zero-order valence-electron chi connectivity index (χ0n) is 11.8. The number of halogens is 1. The fourth-order valence-corrected chi connectivity index (χ4v) is 3.26. The fraction of sp³-hybridized carbons (Fsp3) is 0.462. The molecule has 0 spiro atoms. The lowest BCUT2D eigenvalue weighted by Gasteiger charge is -2.18. The Morgan fingerprint density at radius 3 is 2.67 bits per heavy atom. The number of sulfonamides is 1. The first kappa shape index (κ1) is 15.9. The minimum absolute atomic E-state index is 0.00998. The third-order valence-corrected chi connectivity index (χ3v) is 4.66. The molecule has 1 atom stereocenters. The molecule has 1 aromatic rings. The van der Waals surface area contributed by atoms with E-state index in [1.54, 1.807) is 7.11 Å². The van der Waals surface area contributed by atoms with Crippen molar-refractivity contribution in [2.75, 3.05) is 20.2 Å². The average molecular weight is 316 g/mol. The van der Waals surface area contributed by atoms with Gasteiger partial charge in [0.25, 0.3) is 5.91 Å². The van der Waals surface area contributed by atoms with Gasteiger partial charge in [0.1, 0.15) is 5.82 Å². The van der Waals surface area contributed by atoms with Crippen molar-refractivity contribution < 1.29 is 22.3 Å². The Balaban J connectivity index is 2.41. The Morgan fingerprint density at radius 1 is 1.48 bits per heavy atom. The molecule has 1 heterocycles. The van der Waals surface area contributed by atoms with Crippen molar-refractivity contribution in [2.24, 2.45) is 5.14 Å². The molecule has 0 aliphatic carbocycles. The minimum atomic E-state index is -4.09. The van der Waals surface area contributed by atoms with E-state index in [-0.39, 0.29) is 22.1 Å². The zero-order chi connectivity index (χ0) is 15.8. The second-order valence-corrected chi connectivity index (χ2v) is 6.55. The maximum atomic E-state index is 13.6. The second kappa shape index (κ2) is 5.70. The molecule has 0 aromatic heterocycles. The summed E-state index contributed by atoms with van der Waals surface area (Å²) in [6.07, 6.45) is 0.638. The number of carbonyl (C=O) groups excluding carboxylic acids is 1. The molecule has 6 nitrogen and oxygen atoms in total. The third kappa shape index (κ3) is 3.22. The summed E-state index contributed by atoms with van der Waals surface area (Å²) in [7, 11) is -2.53. The van der Waals surface area contributed by atoms with Crippen molar-refractivity contribution in [3.8, 4) is 0 Å². The van der Waals surface area contributed by atoms with E-state index < -0.39 is 21.7 Å². The molecule has 1 unspecified atom stereocenters. The highest BCUT2D eigenvalue weighted by Gasteiger charge is 2.29. The van der Waals surface area contributed by atoms with Gasteiger partial charge < -0.3 is 9.64 Å². The van der Waals surface area contributed by atoms with E-state index in [2.05, 4.69) is 0 Å². The number of hydrogen-bond acceptors (Lipinski definition) is 4. The standard InChI is InChI=1S/C13H17FN2O4S/c1-8-11(5-9(14)6-12(8)21(15,18)19)13(17)16-4-3-10(7-16)20-2/h5-6,10H,3-4,7H2,1-2H3,(H2,15,18,19). The molecule has 1 fully saturated rings. The van der Waals surface area contributed by atoms with Crippen molar-refractivity contribution in [3.05, 3.63) is 29.1 Å². The normalized spacial score (nSPS) is 19.0. The number of primary sulfonamides is 1. The van der Waals surface area contributed by atoms with Crippen molar-refractivity contribution in [3.63, 3.8) is 0 Å². The van der Waals surface area contributed by atoms with Crippen LogP contribution in [0.4, 0.5) is 4.39 Å². The number of ether oxygens (including phenoxy) is 1. The van der Waals surface area contributed by atoms with Gasteiger partial charge in [0.2, 0.25) is 10.0 Å². The molecule has 8 heteroatoms. The van der Waals surface area contributed by atoms with E-state index >= 15 is 0 Å². The van der Waals surface area contributed by atoms with Crippen LogP contribution in [0.25, 0.3) is 0 Å². The average Bonchev–Trinajstić information content (AvgIpc) is 2.87. The molecule has 1 aliphatic rings. The first-order valence-corrected chi connectivity index (χ1v) is 7.93. The van der Waals surface area contributed by atoms with E-state index in [4.69, 9.17) is 9.88 Å². The highest BCUT2D eigenvalue weighted by atomic mass is 32.2. The lowest BCUT2D eigenvalue weighted by molar-refractivity contribution is 0.0723. The lowest BCUT2D eigenvalue weighted by atomic mass is 10.1. The molecular weight excluding hydrogens is 299 g/mol. The molecule has 1 aliphatic heterocycles. The number of amides is 1. The van der Waals surface area contributed by atoms with Crippen LogP contribution in [-0.2, 0) is 14.8 Å². The van der Waals surface area contributed by atoms with Gasteiger partial charge in [0.15, 0.2) is 0 Å². The number of nitrogens with two attached hydrogens (primary N) is 1. The molecule has 2 rings (SSSR count). The van der Waals surface area contributed by atoms with Crippen molar-refractivity contribution in [2.45, 2.75) is 24.3 Å². The summed E-state index contributed by atoms with van der Waals surface area (Å²) in [4.78, 5) is 13.6. The summed E-state index contributed by atoms with van der Waals surface area (Å²) >= 11 is 0. The number of methoxy groups -OCH3 is 1. The predicted molar refractivity (Wildman–Crippen MR) is 73.8 cm³/mol. The number of benzene rings is 1. The molecule has 21 heavy (non-hydrogen) atoms. The zero-order valence-corrected chi connectivity index (χ0v) is 12.6. The first-order valence-electron chi connectivity index (χ1n) is 6.39. The van der Waals surface area contributed by atoms with Crippen LogP contribution < -0.4 is 5.14 Å². The monoisotopic (exact) mass is 316 g/mol. The highest BCUT2D eigenvalue weighted by Crippen LogP contribution is 2.23. The Kier molecular flexibility index (Phi) is 4.31. The van der Waals surface area contributed by atoms with Crippen molar-refractivity contribution in [1.29, 1.82) is 0 Å². The van der Waals surface area contributed by atoms with Crippen molar-refractivity contribution >= 4 is 15.9 Å². The van der Waals surface area contributed by atoms with Gasteiger partial charge in [-0.2, -0.15) is 0 Å². The Hall–Kier alpha value is -1.51. The number of carbonyl (C=O) groups is 1. The van der Waals surface area contributed by atoms with Gasteiger partial charge in [0.05, 0.1) is 11.0 Å². The molecule has 1 saturated heterocycles. The van der Waals surface area contributed by atoms with Crippen LogP contribution in [0, 0.1) is 12.7 Å². The Bertz CT molecular complexity index is 675. The largest absolute Gasteiger partial charge is 0.380 e. The van der Waals surface area contributed by atoms with Crippen LogP contribution in [0.15, 0.2) is 17.0 Å². The van der Waals surface area contributed by atoms with E-state index in [0.717, 1.165) is 12.1 Å². The van der Waals surface area contributed by atoms with Gasteiger partial charge in [-0.25, -0.2) is 17.9 Å². The van der Waals surface area contributed by atoms with Crippen LogP contribution >= 0.6 is 0 Å². The number of rotatable bonds is 3. The minimum Gasteiger partial charge on any atom is -0.380 e. The van der Waals surface area contributed by atoms with Crippen molar-refractivity contribution in [1.82, 2.24) is 4.90 Å². The van der Waals surface area contributed by atoms with Gasteiger partial charge >= 0.3 is 0 Å². The molecule has 0 bridgehead atoms. The number of nitrogens with zero attached hydrogens (tertiary/aromatic N) is 1. The van der Waals surface area contributed by atoms with Crippen LogP contribution in [0.3, 0.4) is 0 Å². The smallest absolute Gasteiger partial charge is 0.254 e. The fourth-order valence-electron chi connectivity index (χ4n) is 2.45. The highest BCUT2D eigenvalue weighted by molar-refractivity contribution is 7.89. The first-order chi connectivity index (χ1) is 9.74. The van der Waals surface area contributed by atoms with Crippen LogP contribution in [0.5, 0.6) is 0 Å². The van der Waals surface area contributed by atoms with Gasteiger partial charge in [-0.05, 0) is 31.0 Å². The topological polar surface area (TPSA) is 89.7 Å². The van der Waals surface area contributed by atoms with E-state index in [1.165, 1.54) is 11.8 Å². The summed E-state index contributed by atoms with van der Waals surface area (Å²) in [6.45, 7) is 2.32. The maximum Gasteiger partial charge on any atom is 0.254 e. The van der Waals surface area contributed by atoms with Gasteiger partial charge in [-0.3, -0.25) is 4.79 Å². The SMILES string of the molecule is COC1CCN(C(=O)c2cc(F)cc(S(N)(=O)=O)c2C)C1. The third-order valence-electron chi connectivity index (χ3n) is 3.63. The van der Waals surface area contributed by atoms with Crippen LogP contribution in [0.1, 0.15) is 22.3 Å². The molecule has 0 saturated carbocycles. The van der Waals surface area contributed by atoms with E-state index in [0.29, 0.717) is 19.5 Å². The molecule has 1 amide bonds. The van der Waals surface area contributed by atoms with E-state index in [9.17, 15) is 17.6 Å². The second-order valence-electron chi connectivity index (χ2n) is 5.02. The van der Waals surface area contributed by atoms with Gasteiger partial charge in [-0.15, -0.1) is 0 Å². The van der Waals surface area contributed by atoms with Crippen LogP contribution in [-0.4, -0.2) is 45.5 Å². The lowest BCUT2D eigenvalue weighted by Crippen LogP contribution is -2.31. The number of likely N-dealkylation sites (tertiary alicyclic amines) is 1. The summed E-state index contributed by atoms with van der Waals surface area (Å²) in [5, 5.41) is 5.05. The summed E-state index contributed by atoms with van der Waals surface area (Å²) < 4.78 is 41.7. The molecule has 116 valence electrons. The Morgan fingerprint density at radius 2 is 2.14 bits per heavy atom. The van der Waals surface area contributed by atoms with Gasteiger partial charge in [-0.1, -0.05) is 0 Å². The molecule has 1 aromatic carbocycles. The Labute approximate surface area is 122 Å². The number of hydrogen-bond donors (Lipinski definition) is 1. The van der Waals surface area contributed by atoms with Gasteiger partial charge in [0, 0.05) is 25.8 Å². The van der Waals surface area contributed by atoms with Crippen LogP contribution in [0.2, 0.25) is 0 Å². The molecule has 2 N–H and O–H groups in total.